The van der Waals surface area contributed by atoms with Crippen LogP contribution in [0.1, 0.15) is 290 Å². The maximum absolute atomic E-state index is 13.6. The highest BCUT2D eigenvalue weighted by atomic mass is 31.2. The molecule has 0 aromatic rings. The summed E-state index contributed by atoms with van der Waals surface area (Å²) in [6.45, 7) is 6.69. The Bertz CT molecular complexity index is 1870. The molecule has 0 rings (SSSR count). The summed E-state index contributed by atoms with van der Waals surface area (Å²) in [5.74, 6) is -0.562. The van der Waals surface area contributed by atoms with Crippen molar-refractivity contribution in [1.82, 2.24) is 5.32 Å². The molecule has 1 amide bonds. The molecule has 0 aliphatic heterocycles. The van der Waals surface area contributed by atoms with Gasteiger partial charge in [0.15, 0.2) is 0 Å². The Balaban J connectivity index is 5.09. The monoisotopic (exact) mass is 1200 g/mol. The molecule has 488 valence electrons. The summed E-state index contributed by atoms with van der Waals surface area (Å²) in [6.07, 6.45) is 88.8. The fraction of sp³-hybridized carbons (Fsp3) is 0.707. The number of carbonyl (C=O) groups excluding carboxylic acids is 2. The summed E-state index contributed by atoms with van der Waals surface area (Å²) in [6, 6.07) is -0.905. The van der Waals surface area contributed by atoms with E-state index in [1.807, 2.05) is 33.3 Å². The van der Waals surface area contributed by atoms with E-state index < -0.39 is 26.6 Å². The SMILES string of the molecule is CC/C=C\C/C=C\C/C=C\C/C=C\C/C=C\C/C=C\CCCCCCCCCCC(=O)OC(/C=C\CCCCCCCCCCC)C(COP(=O)([O-])OCC[N+](C)(C)C)NC(=O)CCCCCCCCCC/C=C\C/C=C\C/C=C\CCCCC. The van der Waals surface area contributed by atoms with Gasteiger partial charge in [0.1, 0.15) is 19.3 Å². The van der Waals surface area contributed by atoms with Crippen molar-refractivity contribution in [3.63, 3.8) is 0 Å². The molecule has 3 atom stereocenters. The standard InChI is InChI=1S/C75H131N2O7P/c1-7-10-13-16-19-22-25-27-29-31-33-35-36-37-38-39-40-42-44-46-48-50-53-56-59-62-65-68-75(79)84-73(66-63-60-57-54-51-24-21-18-15-12-9-3)72(71-83-85(80,81)82-70-69-77(4,5)6)76-74(78)67-64-61-58-55-52-49-47-45-43-41-34-32-30-28-26-23-20-17-14-11-8-2/h10,13,19-20,22-23,27-30,33-35,37-38,40-42,63,66,72-73H,7-9,11-12,14-18,21,24-26,31-32,36,39,43-62,64-65,67-71H2,1-6H3,(H-,76,78,80,81)/b13-10-,22-19-,23-20-,29-27-,30-28-,35-33-,38-37-,41-34-,42-40-,66-63-. The molecule has 0 bridgehead atoms. The van der Waals surface area contributed by atoms with E-state index in [-0.39, 0.29) is 24.9 Å². The third-order valence-corrected chi connectivity index (χ3v) is 15.8. The van der Waals surface area contributed by atoms with Gasteiger partial charge in [0.25, 0.3) is 7.82 Å². The summed E-state index contributed by atoms with van der Waals surface area (Å²) in [4.78, 5) is 40.1. The molecule has 85 heavy (non-hydrogen) atoms. The zero-order valence-corrected chi connectivity index (χ0v) is 56.7. The molecule has 0 spiro atoms. The molecule has 0 aromatic heterocycles. The van der Waals surface area contributed by atoms with Gasteiger partial charge in [0.05, 0.1) is 33.8 Å². The first-order valence-corrected chi connectivity index (χ1v) is 36.3. The van der Waals surface area contributed by atoms with Crippen LogP contribution in [0.2, 0.25) is 0 Å². The minimum Gasteiger partial charge on any atom is -0.756 e. The van der Waals surface area contributed by atoms with Gasteiger partial charge in [-0.3, -0.25) is 14.2 Å². The lowest BCUT2D eigenvalue weighted by molar-refractivity contribution is -0.870. The number of unbranched alkanes of at least 4 members (excludes halogenated alkanes) is 28. The minimum atomic E-state index is -4.71. The number of rotatable bonds is 62. The number of nitrogens with one attached hydrogen (secondary N) is 1. The van der Waals surface area contributed by atoms with Crippen molar-refractivity contribution < 1.29 is 37.3 Å². The van der Waals surface area contributed by atoms with Gasteiger partial charge in [0, 0.05) is 12.8 Å². The second-order valence-electron chi connectivity index (χ2n) is 24.3. The van der Waals surface area contributed by atoms with Gasteiger partial charge in [0.2, 0.25) is 5.91 Å². The van der Waals surface area contributed by atoms with Crippen molar-refractivity contribution in [2.75, 3.05) is 40.9 Å². The lowest BCUT2D eigenvalue weighted by Crippen LogP contribution is -2.47. The molecular weight excluding hydrogens is 1070 g/mol. The molecule has 0 saturated carbocycles. The van der Waals surface area contributed by atoms with Crippen LogP contribution in [-0.2, 0) is 27.9 Å². The molecule has 0 aromatic carbocycles. The second kappa shape index (κ2) is 63.4. The molecule has 0 saturated heterocycles. The predicted molar refractivity (Wildman–Crippen MR) is 367 cm³/mol. The number of phosphoric ester groups is 1. The van der Waals surface area contributed by atoms with Crippen LogP contribution in [0, 0.1) is 0 Å². The van der Waals surface area contributed by atoms with Crippen molar-refractivity contribution >= 4 is 19.7 Å². The summed E-state index contributed by atoms with van der Waals surface area (Å²) in [5, 5.41) is 3.03. The Morgan fingerprint density at radius 1 is 0.424 bits per heavy atom. The number of nitrogens with zero attached hydrogens (tertiary/aromatic N) is 1. The number of esters is 1. The highest BCUT2D eigenvalue weighted by Crippen LogP contribution is 2.38. The molecular formula is C75H131N2O7P. The predicted octanol–water partition coefficient (Wildman–Crippen LogP) is 21.6. The van der Waals surface area contributed by atoms with E-state index >= 15 is 0 Å². The lowest BCUT2D eigenvalue weighted by atomic mass is 10.0. The number of phosphoric acid groups is 1. The minimum absolute atomic E-state index is 0.0310. The largest absolute Gasteiger partial charge is 0.756 e. The van der Waals surface area contributed by atoms with Crippen LogP contribution in [0.5, 0.6) is 0 Å². The number of allylic oxidation sites excluding steroid dienone is 19. The van der Waals surface area contributed by atoms with Crippen LogP contribution in [0.4, 0.5) is 0 Å². The molecule has 0 radical (unpaired) electrons. The molecule has 1 N–H and O–H groups in total. The quantitative estimate of drug-likeness (QED) is 0.0212. The van der Waals surface area contributed by atoms with E-state index in [2.05, 4.69) is 135 Å². The molecule has 0 fully saturated rings. The Morgan fingerprint density at radius 2 is 0.753 bits per heavy atom. The van der Waals surface area contributed by atoms with E-state index in [9.17, 15) is 19.0 Å². The number of carbonyl (C=O) groups is 2. The topological polar surface area (TPSA) is 114 Å². The first-order valence-electron chi connectivity index (χ1n) is 34.8. The molecule has 3 unspecified atom stereocenters. The summed E-state index contributed by atoms with van der Waals surface area (Å²) in [5.41, 5.74) is 0. The molecule has 0 heterocycles. The average molecular weight is 1200 g/mol. The van der Waals surface area contributed by atoms with Crippen molar-refractivity contribution in [3.8, 4) is 0 Å². The summed E-state index contributed by atoms with van der Waals surface area (Å²) in [7, 11) is 1.16. The molecule has 10 heteroatoms. The van der Waals surface area contributed by atoms with Crippen LogP contribution in [0.3, 0.4) is 0 Å². The second-order valence-corrected chi connectivity index (χ2v) is 25.7. The summed E-state index contributed by atoms with van der Waals surface area (Å²) < 4.78 is 30.4. The number of ether oxygens (including phenoxy) is 1. The van der Waals surface area contributed by atoms with Crippen molar-refractivity contribution in [2.45, 2.75) is 303 Å². The highest BCUT2D eigenvalue weighted by Gasteiger charge is 2.27. The number of amides is 1. The van der Waals surface area contributed by atoms with Crippen LogP contribution in [0.15, 0.2) is 122 Å². The van der Waals surface area contributed by atoms with Gasteiger partial charge < -0.3 is 28.5 Å². The fourth-order valence-electron chi connectivity index (χ4n) is 9.53. The van der Waals surface area contributed by atoms with Crippen LogP contribution in [0.25, 0.3) is 0 Å². The normalized spacial score (nSPS) is 14.3. The van der Waals surface area contributed by atoms with Gasteiger partial charge >= 0.3 is 5.97 Å². The van der Waals surface area contributed by atoms with E-state index in [0.29, 0.717) is 23.9 Å². The molecule has 0 aliphatic carbocycles. The van der Waals surface area contributed by atoms with E-state index in [1.54, 1.807) is 0 Å². The maximum Gasteiger partial charge on any atom is 0.306 e. The first kappa shape index (κ1) is 81.4. The number of hydrogen-bond donors (Lipinski definition) is 1. The maximum atomic E-state index is 13.6. The first-order chi connectivity index (χ1) is 41.4. The fourth-order valence-corrected chi connectivity index (χ4v) is 10.3. The van der Waals surface area contributed by atoms with E-state index in [1.165, 1.54) is 122 Å². The number of quaternary nitrogens is 1. The zero-order valence-electron chi connectivity index (χ0n) is 55.8. The zero-order chi connectivity index (χ0) is 62.1. The number of likely N-dealkylation sites (N-methyl/N-ethyl adjacent to an activating group) is 1. The van der Waals surface area contributed by atoms with Crippen LogP contribution in [-0.4, -0.2) is 69.4 Å². The van der Waals surface area contributed by atoms with Crippen LogP contribution >= 0.6 is 7.82 Å². The van der Waals surface area contributed by atoms with E-state index in [0.717, 1.165) is 128 Å². The summed E-state index contributed by atoms with van der Waals surface area (Å²) >= 11 is 0. The van der Waals surface area contributed by atoms with Gasteiger partial charge in [-0.2, -0.15) is 0 Å². The third-order valence-electron chi connectivity index (χ3n) is 14.9. The van der Waals surface area contributed by atoms with Crippen molar-refractivity contribution in [2.24, 2.45) is 0 Å². The lowest BCUT2D eigenvalue weighted by Gasteiger charge is -2.30. The van der Waals surface area contributed by atoms with Crippen molar-refractivity contribution in [1.29, 1.82) is 0 Å². The number of hydrogen-bond acceptors (Lipinski definition) is 7. The highest BCUT2D eigenvalue weighted by molar-refractivity contribution is 7.45. The Morgan fingerprint density at radius 3 is 1.15 bits per heavy atom. The third kappa shape index (κ3) is 64.7. The van der Waals surface area contributed by atoms with Gasteiger partial charge in [-0.05, 0) is 122 Å². The van der Waals surface area contributed by atoms with Gasteiger partial charge in [-0.1, -0.05) is 277 Å². The van der Waals surface area contributed by atoms with Gasteiger partial charge in [-0.15, -0.1) is 0 Å². The van der Waals surface area contributed by atoms with E-state index in [4.69, 9.17) is 13.8 Å². The Labute approximate surface area is 524 Å². The molecule has 9 nitrogen and oxygen atoms in total. The Kier molecular flexibility index (Phi) is 60.8. The Hall–Kier alpha value is -3.59. The smallest absolute Gasteiger partial charge is 0.306 e. The average Bonchev–Trinajstić information content (AvgIpc) is 3.59. The van der Waals surface area contributed by atoms with Crippen molar-refractivity contribution in [3.05, 3.63) is 122 Å². The van der Waals surface area contributed by atoms with Crippen LogP contribution < -0.4 is 10.2 Å². The molecule has 0 aliphatic rings. The van der Waals surface area contributed by atoms with Gasteiger partial charge in [-0.25, -0.2) is 0 Å².